The van der Waals surface area contributed by atoms with Crippen LogP contribution in [0.3, 0.4) is 0 Å². The molecule has 0 radical (unpaired) electrons. The van der Waals surface area contributed by atoms with Crippen molar-refractivity contribution in [3.8, 4) is 0 Å². The van der Waals surface area contributed by atoms with Gasteiger partial charge in [-0.15, -0.1) is 0 Å². The van der Waals surface area contributed by atoms with Gasteiger partial charge in [-0.25, -0.2) is 0 Å². The summed E-state index contributed by atoms with van der Waals surface area (Å²) in [7, 11) is 0. The molecule has 3 aromatic rings. The third kappa shape index (κ3) is 4.61. The highest BCUT2D eigenvalue weighted by Crippen LogP contribution is 2.17. The van der Waals surface area contributed by atoms with Gasteiger partial charge in [0.2, 0.25) is 0 Å². The Kier molecular flexibility index (Phi) is 5.53. The number of benzene rings is 2. The Hall–Kier alpha value is -2.86. The highest BCUT2D eigenvalue weighted by atomic mass is 79.9. The van der Waals surface area contributed by atoms with E-state index in [1.165, 1.54) is 5.56 Å². The first kappa shape index (κ1) is 17.9. The average Bonchev–Trinajstić information content (AvgIpc) is 3.08. The van der Waals surface area contributed by atoms with Gasteiger partial charge < -0.3 is 15.1 Å². The number of amides is 2. The molecule has 0 saturated heterocycles. The molecule has 0 fully saturated rings. The Labute approximate surface area is 159 Å². The summed E-state index contributed by atoms with van der Waals surface area (Å²) in [5, 5.41) is 5.59. The normalized spacial score (nSPS) is 10.4. The molecule has 2 aromatic carbocycles. The molecule has 5 nitrogen and oxygen atoms in total. The summed E-state index contributed by atoms with van der Waals surface area (Å²) in [5.41, 5.74) is 3.19. The molecule has 2 amide bonds. The Bertz CT molecular complexity index is 932. The molecule has 0 bridgehead atoms. The molecular weight excluding hydrogens is 396 g/mol. The first-order chi connectivity index (χ1) is 12.5. The van der Waals surface area contributed by atoms with E-state index in [-0.39, 0.29) is 17.6 Å². The Morgan fingerprint density at radius 1 is 1.00 bits per heavy atom. The van der Waals surface area contributed by atoms with E-state index < -0.39 is 0 Å². The molecule has 1 heterocycles. The topological polar surface area (TPSA) is 71.3 Å². The van der Waals surface area contributed by atoms with Crippen LogP contribution in [0.1, 0.15) is 32.0 Å². The lowest BCUT2D eigenvalue weighted by Gasteiger charge is -2.08. The van der Waals surface area contributed by atoms with Crippen LogP contribution in [-0.4, -0.2) is 11.8 Å². The third-order valence-corrected chi connectivity index (χ3v) is 4.18. The van der Waals surface area contributed by atoms with Gasteiger partial charge in [0.05, 0.1) is 0 Å². The largest absolute Gasteiger partial charge is 0.444 e. The van der Waals surface area contributed by atoms with Gasteiger partial charge in [0.25, 0.3) is 11.8 Å². The molecule has 0 aliphatic rings. The molecular formula is C20H17BrN2O3. The van der Waals surface area contributed by atoms with Crippen LogP contribution in [0, 0.1) is 6.92 Å². The monoisotopic (exact) mass is 412 g/mol. The second-order valence-corrected chi connectivity index (χ2v) is 6.59. The van der Waals surface area contributed by atoms with Crippen molar-refractivity contribution >= 4 is 33.4 Å². The Morgan fingerprint density at radius 2 is 1.77 bits per heavy atom. The van der Waals surface area contributed by atoms with Crippen molar-refractivity contribution in [2.75, 3.05) is 5.32 Å². The number of hydrogen-bond donors (Lipinski definition) is 2. The zero-order chi connectivity index (χ0) is 18.5. The highest BCUT2D eigenvalue weighted by molar-refractivity contribution is 9.10. The summed E-state index contributed by atoms with van der Waals surface area (Å²) >= 11 is 3.16. The van der Waals surface area contributed by atoms with Crippen LogP contribution in [0.15, 0.2) is 69.8 Å². The number of carbonyl (C=O) groups excluding carboxylic acids is 2. The highest BCUT2D eigenvalue weighted by Gasteiger charge is 2.12. The number of anilines is 1. The summed E-state index contributed by atoms with van der Waals surface area (Å²) in [5.74, 6) is -0.401. The number of furan rings is 1. The van der Waals surface area contributed by atoms with E-state index in [0.29, 0.717) is 22.5 Å². The minimum absolute atomic E-state index is 0.186. The minimum Gasteiger partial charge on any atom is -0.444 e. The van der Waals surface area contributed by atoms with E-state index in [1.807, 2.05) is 31.2 Å². The maximum atomic E-state index is 12.3. The standard InChI is InChI=1S/C20H17BrN2O3/c1-13-5-7-14(8-6-13)12-22-19(24)15-3-2-4-16(11-15)23-20(25)17-9-10-18(21)26-17/h2-11H,12H2,1H3,(H,22,24)(H,23,25). The molecule has 6 heteroatoms. The number of rotatable bonds is 5. The summed E-state index contributed by atoms with van der Waals surface area (Å²) < 4.78 is 5.70. The van der Waals surface area contributed by atoms with Gasteiger partial charge in [-0.05, 0) is 58.7 Å². The molecule has 1 aromatic heterocycles. The molecule has 132 valence electrons. The maximum absolute atomic E-state index is 12.3. The second kappa shape index (κ2) is 8.01. The smallest absolute Gasteiger partial charge is 0.291 e. The van der Waals surface area contributed by atoms with E-state index in [9.17, 15) is 9.59 Å². The second-order valence-electron chi connectivity index (χ2n) is 5.81. The molecule has 0 saturated carbocycles. The SMILES string of the molecule is Cc1ccc(CNC(=O)c2cccc(NC(=O)c3ccc(Br)o3)c2)cc1. The van der Waals surface area contributed by atoms with Crippen LogP contribution in [0.25, 0.3) is 0 Å². The van der Waals surface area contributed by atoms with E-state index >= 15 is 0 Å². The van der Waals surface area contributed by atoms with Gasteiger partial charge >= 0.3 is 0 Å². The molecule has 0 spiro atoms. The van der Waals surface area contributed by atoms with E-state index in [1.54, 1.807) is 36.4 Å². The van der Waals surface area contributed by atoms with Gasteiger partial charge in [-0.2, -0.15) is 0 Å². The predicted molar refractivity (Wildman–Crippen MR) is 103 cm³/mol. The third-order valence-electron chi connectivity index (χ3n) is 3.75. The van der Waals surface area contributed by atoms with Crippen LogP contribution in [0.2, 0.25) is 0 Å². The molecule has 2 N–H and O–H groups in total. The zero-order valence-corrected chi connectivity index (χ0v) is 15.7. The van der Waals surface area contributed by atoms with Gasteiger partial charge in [0.15, 0.2) is 10.4 Å². The predicted octanol–water partition coefficient (Wildman–Crippen LogP) is 4.53. The van der Waals surface area contributed by atoms with Crippen molar-refractivity contribution in [3.05, 3.63) is 87.8 Å². The summed E-state index contributed by atoms with van der Waals surface area (Å²) in [4.78, 5) is 24.5. The van der Waals surface area contributed by atoms with E-state index in [2.05, 4.69) is 26.6 Å². The summed E-state index contributed by atoms with van der Waals surface area (Å²) in [6, 6.07) is 17.9. The van der Waals surface area contributed by atoms with Crippen molar-refractivity contribution in [3.63, 3.8) is 0 Å². The fourth-order valence-corrected chi connectivity index (χ4v) is 2.66. The lowest BCUT2D eigenvalue weighted by molar-refractivity contribution is 0.0949. The molecule has 26 heavy (non-hydrogen) atoms. The molecule has 0 unspecified atom stereocenters. The zero-order valence-electron chi connectivity index (χ0n) is 14.1. The Balaban J connectivity index is 1.63. The van der Waals surface area contributed by atoms with Crippen LogP contribution in [0.5, 0.6) is 0 Å². The van der Waals surface area contributed by atoms with Crippen molar-refractivity contribution in [2.24, 2.45) is 0 Å². The van der Waals surface area contributed by atoms with Gasteiger partial charge in [-0.1, -0.05) is 35.9 Å². The molecule has 0 aliphatic heterocycles. The van der Waals surface area contributed by atoms with Crippen LogP contribution in [0.4, 0.5) is 5.69 Å². The lowest BCUT2D eigenvalue weighted by Crippen LogP contribution is -2.23. The molecule has 0 aliphatic carbocycles. The molecule has 3 rings (SSSR count). The van der Waals surface area contributed by atoms with Gasteiger partial charge in [0.1, 0.15) is 0 Å². The summed E-state index contributed by atoms with van der Waals surface area (Å²) in [6.45, 7) is 2.46. The molecule has 0 atom stereocenters. The quantitative estimate of drug-likeness (QED) is 0.646. The van der Waals surface area contributed by atoms with E-state index in [4.69, 9.17) is 4.42 Å². The van der Waals surface area contributed by atoms with Crippen LogP contribution in [-0.2, 0) is 6.54 Å². The van der Waals surface area contributed by atoms with Crippen molar-refractivity contribution in [1.29, 1.82) is 0 Å². The summed E-state index contributed by atoms with van der Waals surface area (Å²) in [6.07, 6.45) is 0. The minimum atomic E-state index is -0.382. The van der Waals surface area contributed by atoms with Crippen LogP contribution >= 0.6 is 15.9 Å². The van der Waals surface area contributed by atoms with Crippen molar-refractivity contribution in [1.82, 2.24) is 5.32 Å². The lowest BCUT2D eigenvalue weighted by atomic mass is 10.1. The fourth-order valence-electron chi connectivity index (χ4n) is 2.36. The average molecular weight is 413 g/mol. The number of carbonyl (C=O) groups is 2. The first-order valence-corrected chi connectivity index (χ1v) is 8.81. The van der Waals surface area contributed by atoms with Crippen molar-refractivity contribution < 1.29 is 14.0 Å². The van der Waals surface area contributed by atoms with Gasteiger partial charge in [-0.3, -0.25) is 9.59 Å². The Morgan fingerprint density at radius 3 is 2.46 bits per heavy atom. The number of nitrogens with one attached hydrogen (secondary N) is 2. The van der Waals surface area contributed by atoms with Crippen LogP contribution < -0.4 is 10.6 Å². The number of halogens is 1. The number of hydrogen-bond acceptors (Lipinski definition) is 3. The first-order valence-electron chi connectivity index (χ1n) is 8.02. The fraction of sp³-hybridized carbons (Fsp3) is 0.100. The number of aryl methyl sites for hydroxylation is 1. The van der Waals surface area contributed by atoms with E-state index in [0.717, 1.165) is 5.56 Å². The van der Waals surface area contributed by atoms with Gasteiger partial charge in [0, 0.05) is 17.8 Å². The maximum Gasteiger partial charge on any atom is 0.291 e. The van der Waals surface area contributed by atoms with Crippen molar-refractivity contribution in [2.45, 2.75) is 13.5 Å².